The number of rotatable bonds is 1. The highest BCUT2D eigenvalue weighted by molar-refractivity contribution is 5.55. The minimum absolute atomic E-state index is 0.224. The molecule has 2 N–H and O–H groups in total. The molecule has 0 aliphatic carbocycles. The van der Waals surface area contributed by atoms with E-state index in [9.17, 15) is 9.90 Å². The number of aromatic amines is 1. The van der Waals surface area contributed by atoms with E-state index in [0.29, 0.717) is 5.82 Å². The van der Waals surface area contributed by atoms with Crippen LogP contribution in [0.5, 0.6) is 5.88 Å². The van der Waals surface area contributed by atoms with Gasteiger partial charge in [-0.2, -0.15) is 4.98 Å². The van der Waals surface area contributed by atoms with E-state index in [0.717, 1.165) is 5.56 Å². The molecular weight excluding hydrogens is 192 g/mol. The van der Waals surface area contributed by atoms with E-state index >= 15 is 0 Å². The lowest BCUT2D eigenvalue weighted by molar-refractivity contribution is 0.447. The van der Waals surface area contributed by atoms with Crippen molar-refractivity contribution in [2.24, 2.45) is 0 Å². The van der Waals surface area contributed by atoms with Crippen molar-refractivity contribution in [3.63, 3.8) is 0 Å². The quantitative estimate of drug-likeness (QED) is 0.735. The molecule has 0 fully saturated rings. The molecule has 0 spiro atoms. The van der Waals surface area contributed by atoms with E-state index in [1.165, 1.54) is 6.92 Å². The SMILES string of the molecule is Cc1c(O)nc(-c2ccccc2)[nH]c1=O. The van der Waals surface area contributed by atoms with Gasteiger partial charge in [0.15, 0.2) is 0 Å². The number of aromatic hydroxyl groups is 1. The Hall–Kier alpha value is -2.10. The van der Waals surface area contributed by atoms with Gasteiger partial charge in [-0.3, -0.25) is 4.79 Å². The minimum Gasteiger partial charge on any atom is -0.493 e. The van der Waals surface area contributed by atoms with Gasteiger partial charge in [-0.15, -0.1) is 0 Å². The molecular formula is C11H10N2O2. The van der Waals surface area contributed by atoms with Crippen molar-refractivity contribution < 1.29 is 5.11 Å². The maximum Gasteiger partial charge on any atom is 0.257 e. The lowest BCUT2D eigenvalue weighted by Gasteiger charge is -2.02. The number of nitrogens with zero attached hydrogens (tertiary/aromatic N) is 1. The fourth-order valence-corrected chi connectivity index (χ4v) is 1.25. The molecule has 2 aromatic rings. The number of nitrogens with one attached hydrogen (secondary N) is 1. The third-order valence-electron chi connectivity index (χ3n) is 2.17. The van der Waals surface area contributed by atoms with E-state index in [1.54, 1.807) is 0 Å². The van der Waals surface area contributed by atoms with Crippen LogP contribution in [-0.2, 0) is 0 Å². The van der Waals surface area contributed by atoms with Crippen LogP contribution in [-0.4, -0.2) is 15.1 Å². The molecule has 0 radical (unpaired) electrons. The van der Waals surface area contributed by atoms with Gasteiger partial charge in [0.2, 0.25) is 5.88 Å². The molecule has 0 atom stereocenters. The molecule has 15 heavy (non-hydrogen) atoms. The topological polar surface area (TPSA) is 66.0 Å². The molecule has 1 heterocycles. The number of aromatic nitrogens is 2. The number of hydrogen-bond donors (Lipinski definition) is 2. The summed E-state index contributed by atoms with van der Waals surface area (Å²) in [6.45, 7) is 1.52. The van der Waals surface area contributed by atoms with E-state index in [4.69, 9.17) is 0 Å². The summed E-state index contributed by atoms with van der Waals surface area (Å²) in [5.41, 5.74) is 0.681. The molecule has 0 unspecified atom stereocenters. The Labute approximate surface area is 86.2 Å². The molecule has 4 heteroatoms. The van der Waals surface area contributed by atoms with Crippen molar-refractivity contribution in [2.75, 3.05) is 0 Å². The standard InChI is InChI=1S/C11H10N2O2/c1-7-10(14)12-9(13-11(7)15)8-5-3-2-4-6-8/h2-6H,1H3,(H2,12,13,14,15). The highest BCUT2D eigenvalue weighted by Gasteiger charge is 2.06. The molecule has 4 nitrogen and oxygen atoms in total. The molecule has 0 saturated carbocycles. The average molecular weight is 202 g/mol. The van der Waals surface area contributed by atoms with Gasteiger partial charge < -0.3 is 10.1 Å². The fraction of sp³-hybridized carbons (Fsp3) is 0.0909. The maximum absolute atomic E-state index is 11.4. The van der Waals surface area contributed by atoms with Crippen LogP contribution in [0.2, 0.25) is 0 Å². The summed E-state index contributed by atoms with van der Waals surface area (Å²) in [5, 5.41) is 9.41. The van der Waals surface area contributed by atoms with E-state index < -0.39 is 0 Å². The molecule has 1 aromatic carbocycles. The minimum atomic E-state index is -0.318. The van der Waals surface area contributed by atoms with E-state index in [2.05, 4.69) is 9.97 Å². The van der Waals surface area contributed by atoms with Crippen LogP contribution < -0.4 is 5.56 Å². The van der Waals surface area contributed by atoms with Gasteiger partial charge in [0.05, 0.1) is 5.56 Å². The summed E-state index contributed by atoms with van der Waals surface area (Å²) in [5.74, 6) is 0.154. The first kappa shape index (κ1) is 9.45. The van der Waals surface area contributed by atoms with E-state index in [1.807, 2.05) is 30.3 Å². The molecule has 0 aliphatic rings. The molecule has 0 amide bonds. The summed E-state index contributed by atoms with van der Waals surface area (Å²) in [4.78, 5) is 17.9. The Morgan fingerprint density at radius 3 is 2.53 bits per heavy atom. The highest BCUT2D eigenvalue weighted by atomic mass is 16.3. The van der Waals surface area contributed by atoms with Gasteiger partial charge in [0.25, 0.3) is 5.56 Å². The van der Waals surface area contributed by atoms with Gasteiger partial charge in [0, 0.05) is 5.56 Å². The lowest BCUT2D eigenvalue weighted by Crippen LogP contribution is -2.11. The molecule has 0 bridgehead atoms. The Kier molecular flexibility index (Phi) is 2.25. The zero-order chi connectivity index (χ0) is 10.8. The zero-order valence-corrected chi connectivity index (χ0v) is 8.19. The summed E-state index contributed by atoms with van der Waals surface area (Å²) in [7, 11) is 0. The number of H-pyrrole nitrogens is 1. The second-order valence-corrected chi connectivity index (χ2v) is 3.23. The largest absolute Gasteiger partial charge is 0.493 e. The van der Waals surface area contributed by atoms with Crippen molar-refractivity contribution in [3.05, 3.63) is 46.2 Å². The first-order chi connectivity index (χ1) is 7.18. The second kappa shape index (κ2) is 3.57. The van der Waals surface area contributed by atoms with Crippen LogP contribution in [0.15, 0.2) is 35.1 Å². The van der Waals surface area contributed by atoms with Crippen molar-refractivity contribution in [2.45, 2.75) is 6.92 Å². The summed E-state index contributed by atoms with van der Waals surface area (Å²) in [6, 6.07) is 9.17. The van der Waals surface area contributed by atoms with Crippen molar-refractivity contribution in [1.82, 2.24) is 9.97 Å². The van der Waals surface area contributed by atoms with Gasteiger partial charge >= 0.3 is 0 Å². The second-order valence-electron chi connectivity index (χ2n) is 3.23. The fourth-order valence-electron chi connectivity index (χ4n) is 1.25. The molecule has 0 saturated heterocycles. The normalized spacial score (nSPS) is 10.2. The predicted octanol–water partition coefficient (Wildman–Crippen LogP) is 1.45. The van der Waals surface area contributed by atoms with Crippen LogP contribution in [0.4, 0.5) is 0 Å². The lowest BCUT2D eigenvalue weighted by atomic mass is 10.2. The Bertz CT molecular complexity index is 532. The molecule has 1 aromatic heterocycles. The van der Waals surface area contributed by atoms with Gasteiger partial charge in [-0.05, 0) is 6.92 Å². The smallest absolute Gasteiger partial charge is 0.257 e. The average Bonchev–Trinajstić information content (AvgIpc) is 2.26. The summed E-state index contributed by atoms with van der Waals surface area (Å²) >= 11 is 0. The van der Waals surface area contributed by atoms with Crippen LogP contribution >= 0.6 is 0 Å². The van der Waals surface area contributed by atoms with Crippen molar-refractivity contribution in [1.29, 1.82) is 0 Å². The maximum atomic E-state index is 11.4. The van der Waals surface area contributed by atoms with Gasteiger partial charge in [-0.1, -0.05) is 30.3 Å². The molecule has 2 rings (SSSR count). The number of hydrogen-bond acceptors (Lipinski definition) is 3. The van der Waals surface area contributed by atoms with Gasteiger partial charge in [-0.25, -0.2) is 0 Å². The Morgan fingerprint density at radius 2 is 1.93 bits per heavy atom. The van der Waals surface area contributed by atoms with E-state index in [-0.39, 0.29) is 17.0 Å². The molecule has 0 aliphatic heterocycles. The van der Waals surface area contributed by atoms with Crippen LogP contribution in [0.25, 0.3) is 11.4 Å². The van der Waals surface area contributed by atoms with Crippen LogP contribution in [0.1, 0.15) is 5.56 Å². The summed E-state index contributed by atoms with van der Waals surface area (Å²) in [6.07, 6.45) is 0. The van der Waals surface area contributed by atoms with Crippen LogP contribution in [0.3, 0.4) is 0 Å². The first-order valence-electron chi connectivity index (χ1n) is 4.54. The first-order valence-corrected chi connectivity index (χ1v) is 4.54. The molecule has 76 valence electrons. The van der Waals surface area contributed by atoms with Gasteiger partial charge in [0.1, 0.15) is 5.82 Å². The van der Waals surface area contributed by atoms with Crippen molar-refractivity contribution >= 4 is 0 Å². The number of benzene rings is 1. The predicted molar refractivity (Wildman–Crippen MR) is 56.7 cm³/mol. The zero-order valence-electron chi connectivity index (χ0n) is 8.19. The third kappa shape index (κ3) is 1.74. The third-order valence-corrected chi connectivity index (χ3v) is 2.17. The van der Waals surface area contributed by atoms with Crippen molar-refractivity contribution in [3.8, 4) is 17.3 Å². The summed E-state index contributed by atoms with van der Waals surface area (Å²) < 4.78 is 0. The highest BCUT2D eigenvalue weighted by Crippen LogP contribution is 2.16. The van der Waals surface area contributed by atoms with Crippen LogP contribution in [0, 0.1) is 6.92 Å². The Balaban J connectivity index is 2.61. The Morgan fingerprint density at radius 1 is 1.27 bits per heavy atom. The monoisotopic (exact) mass is 202 g/mol.